The number of rotatable bonds is 24. The first-order valence-electron chi connectivity index (χ1n) is 13.8. The predicted octanol–water partition coefficient (Wildman–Crippen LogP) is 6.04. The summed E-state index contributed by atoms with van der Waals surface area (Å²) in [4.78, 5) is 25.7. The number of carbonyl (C=O) groups excluding carboxylic acids is 2. The van der Waals surface area contributed by atoms with Crippen molar-refractivity contribution in [1.29, 1.82) is 0 Å². The molecule has 0 fully saturated rings. The Bertz CT molecular complexity index is 458. The van der Waals surface area contributed by atoms with Crippen LogP contribution in [0, 0.1) is 0 Å². The van der Waals surface area contributed by atoms with Crippen LogP contribution in [0.1, 0.15) is 124 Å². The maximum absolute atomic E-state index is 11.9. The van der Waals surface area contributed by atoms with Crippen LogP contribution in [-0.2, 0) is 19.1 Å². The van der Waals surface area contributed by atoms with E-state index in [2.05, 4.69) is 18.7 Å². The van der Waals surface area contributed by atoms with E-state index >= 15 is 0 Å². The summed E-state index contributed by atoms with van der Waals surface area (Å²) >= 11 is 0. The molecule has 0 radical (unpaired) electrons. The average Bonchev–Trinajstić information content (AvgIpc) is 2.80. The third-order valence-corrected chi connectivity index (χ3v) is 5.96. The maximum atomic E-state index is 11.9. The Hall–Kier alpha value is -1.14. The van der Waals surface area contributed by atoms with Crippen molar-refractivity contribution >= 4 is 11.9 Å². The molecule has 1 N–H and O–H groups in total. The summed E-state index contributed by atoms with van der Waals surface area (Å²) in [6.07, 6.45) is 15.8. The van der Waals surface area contributed by atoms with E-state index in [-0.39, 0.29) is 24.6 Å². The number of hydrogen-bond donors (Lipinski definition) is 1. The minimum atomic E-state index is -0.0667. The van der Waals surface area contributed by atoms with Crippen LogP contribution in [0.15, 0.2) is 0 Å². The van der Waals surface area contributed by atoms with E-state index in [1.807, 2.05) is 6.92 Å². The van der Waals surface area contributed by atoms with Crippen LogP contribution >= 0.6 is 0 Å². The molecule has 0 amide bonds. The molecule has 1 unspecified atom stereocenters. The van der Waals surface area contributed by atoms with Crippen LogP contribution in [0.25, 0.3) is 0 Å². The lowest BCUT2D eigenvalue weighted by molar-refractivity contribution is -0.149. The molecule has 0 aromatic carbocycles. The van der Waals surface area contributed by atoms with Gasteiger partial charge in [-0.2, -0.15) is 0 Å². The van der Waals surface area contributed by atoms with Crippen molar-refractivity contribution in [2.24, 2.45) is 0 Å². The number of esters is 2. The summed E-state index contributed by atoms with van der Waals surface area (Å²) in [6.45, 7) is 9.74. The molecule has 196 valence electrons. The molecule has 0 aliphatic heterocycles. The summed E-state index contributed by atoms with van der Waals surface area (Å²) < 4.78 is 10.6. The Morgan fingerprint density at radius 3 is 1.79 bits per heavy atom. The molecule has 0 spiro atoms. The molecule has 0 aliphatic carbocycles. The molecule has 0 heterocycles. The molecule has 1 atom stereocenters. The topological polar surface area (TPSA) is 76.1 Å². The van der Waals surface area contributed by atoms with Gasteiger partial charge in [-0.3, -0.25) is 9.59 Å². The molecule has 0 aromatic heterocycles. The van der Waals surface area contributed by atoms with Crippen molar-refractivity contribution in [2.75, 3.05) is 32.8 Å². The van der Waals surface area contributed by atoms with Gasteiger partial charge in [0, 0.05) is 19.4 Å². The predicted molar refractivity (Wildman–Crippen MR) is 135 cm³/mol. The summed E-state index contributed by atoms with van der Waals surface area (Å²) in [6, 6.07) is 0. The smallest absolute Gasteiger partial charge is 0.306 e. The number of aliphatic hydroxyl groups is 1. The summed E-state index contributed by atoms with van der Waals surface area (Å²) in [5.41, 5.74) is 0. The molecule has 0 bridgehead atoms. The standard InChI is InChI=1S/C27H53NO5/c1-4-17-25(6-3)33-27(31)19-14-10-8-12-16-21-28(22-23-29)20-15-11-7-9-13-18-26(30)32-24-5-2/h25,29H,4-24H2,1-3H3. The van der Waals surface area contributed by atoms with Gasteiger partial charge >= 0.3 is 11.9 Å². The fraction of sp³-hybridized carbons (Fsp3) is 0.926. The van der Waals surface area contributed by atoms with Crippen LogP contribution in [0.4, 0.5) is 0 Å². The largest absolute Gasteiger partial charge is 0.466 e. The van der Waals surface area contributed by atoms with E-state index in [9.17, 15) is 14.7 Å². The fourth-order valence-electron chi connectivity index (χ4n) is 3.95. The number of carbonyl (C=O) groups is 2. The number of hydrogen-bond acceptors (Lipinski definition) is 6. The number of aliphatic hydroxyl groups excluding tert-OH is 1. The fourth-order valence-corrected chi connectivity index (χ4v) is 3.95. The Kier molecular flexibility index (Phi) is 23.2. The minimum Gasteiger partial charge on any atom is -0.466 e. The summed E-state index contributed by atoms with van der Waals surface area (Å²) in [5, 5.41) is 9.33. The van der Waals surface area contributed by atoms with E-state index < -0.39 is 0 Å². The SMILES string of the molecule is CCCOC(=O)CCCCCCCN(CCO)CCCCCCCC(=O)OC(CC)CCC. The Balaban J connectivity index is 3.68. The van der Waals surface area contributed by atoms with Crippen LogP contribution in [0.3, 0.4) is 0 Å². The lowest BCUT2D eigenvalue weighted by Gasteiger charge is -2.21. The molecular formula is C27H53NO5. The highest BCUT2D eigenvalue weighted by Gasteiger charge is 2.11. The number of ether oxygens (including phenoxy) is 2. The highest BCUT2D eigenvalue weighted by Crippen LogP contribution is 2.12. The molecular weight excluding hydrogens is 418 g/mol. The molecule has 0 saturated carbocycles. The van der Waals surface area contributed by atoms with E-state index in [1.165, 1.54) is 12.8 Å². The van der Waals surface area contributed by atoms with Crippen LogP contribution < -0.4 is 0 Å². The zero-order chi connectivity index (χ0) is 24.6. The first kappa shape index (κ1) is 31.9. The number of unbranched alkanes of at least 4 members (excludes halogenated alkanes) is 8. The van der Waals surface area contributed by atoms with Gasteiger partial charge in [-0.1, -0.05) is 65.7 Å². The molecule has 0 saturated heterocycles. The van der Waals surface area contributed by atoms with E-state index in [0.717, 1.165) is 96.7 Å². The lowest BCUT2D eigenvalue weighted by Crippen LogP contribution is -2.29. The van der Waals surface area contributed by atoms with E-state index in [4.69, 9.17) is 9.47 Å². The molecule has 0 aliphatic rings. The highest BCUT2D eigenvalue weighted by molar-refractivity contribution is 5.69. The average molecular weight is 472 g/mol. The molecule has 6 nitrogen and oxygen atoms in total. The third kappa shape index (κ3) is 21.2. The van der Waals surface area contributed by atoms with E-state index in [0.29, 0.717) is 19.4 Å². The second kappa shape index (κ2) is 24.0. The highest BCUT2D eigenvalue weighted by atomic mass is 16.5. The first-order chi connectivity index (χ1) is 16.1. The summed E-state index contributed by atoms with van der Waals surface area (Å²) in [7, 11) is 0. The van der Waals surface area contributed by atoms with Gasteiger partial charge in [0.1, 0.15) is 6.10 Å². The second-order valence-electron chi connectivity index (χ2n) is 9.13. The van der Waals surface area contributed by atoms with Gasteiger partial charge in [-0.15, -0.1) is 0 Å². The second-order valence-corrected chi connectivity index (χ2v) is 9.13. The zero-order valence-electron chi connectivity index (χ0n) is 22.0. The Labute approximate surface area is 203 Å². The maximum Gasteiger partial charge on any atom is 0.306 e. The zero-order valence-corrected chi connectivity index (χ0v) is 22.0. The third-order valence-electron chi connectivity index (χ3n) is 5.96. The molecule has 33 heavy (non-hydrogen) atoms. The van der Waals surface area contributed by atoms with Crippen molar-refractivity contribution in [3.8, 4) is 0 Å². The van der Waals surface area contributed by atoms with Gasteiger partial charge in [-0.25, -0.2) is 0 Å². The lowest BCUT2D eigenvalue weighted by atomic mass is 10.1. The quantitative estimate of drug-likeness (QED) is 0.137. The van der Waals surface area contributed by atoms with E-state index in [1.54, 1.807) is 0 Å². The molecule has 0 aromatic rings. The van der Waals surface area contributed by atoms with Gasteiger partial charge in [0.05, 0.1) is 13.2 Å². The van der Waals surface area contributed by atoms with Gasteiger partial charge in [0.2, 0.25) is 0 Å². The van der Waals surface area contributed by atoms with Crippen molar-refractivity contribution in [1.82, 2.24) is 4.90 Å². The van der Waals surface area contributed by atoms with Gasteiger partial charge in [0.15, 0.2) is 0 Å². The Morgan fingerprint density at radius 2 is 1.27 bits per heavy atom. The van der Waals surface area contributed by atoms with Crippen molar-refractivity contribution in [3.05, 3.63) is 0 Å². The first-order valence-corrected chi connectivity index (χ1v) is 13.8. The van der Waals surface area contributed by atoms with Crippen molar-refractivity contribution in [3.63, 3.8) is 0 Å². The Morgan fingerprint density at radius 1 is 0.727 bits per heavy atom. The van der Waals surface area contributed by atoms with Crippen LogP contribution in [0.5, 0.6) is 0 Å². The monoisotopic (exact) mass is 471 g/mol. The van der Waals surface area contributed by atoms with Gasteiger partial charge in [0.25, 0.3) is 0 Å². The minimum absolute atomic E-state index is 0.0409. The normalized spacial score (nSPS) is 12.2. The van der Waals surface area contributed by atoms with Crippen LogP contribution in [-0.4, -0.2) is 60.9 Å². The molecule has 0 rings (SSSR count). The summed E-state index contributed by atoms with van der Waals surface area (Å²) in [5.74, 6) is -0.108. The van der Waals surface area contributed by atoms with Crippen LogP contribution in [0.2, 0.25) is 0 Å². The van der Waals surface area contributed by atoms with Crippen molar-refractivity contribution < 1.29 is 24.2 Å². The molecule has 6 heteroatoms. The number of nitrogens with zero attached hydrogens (tertiary/aromatic N) is 1. The van der Waals surface area contributed by atoms with Gasteiger partial charge < -0.3 is 19.5 Å². The van der Waals surface area contributed by atoms with Crippen molar-refractivity contribution in [2.45, 2.75) is 130 Å². The van der Waals surface area contributed by atoms with Gasteiger partial charge in [-0.05, 0) is 58.0 Å².